The highest BCUT2D eigenvalue weighted by molar-refractivity contribution is 5.70. The van der Waals surface area contributed by atoms with Gasteiger partial charge in [0.05, 0.1) is 23.0 Å². The van der Waals surface area contributed by atoms with Crippen LogP contribution >= 0.6 is 0 Å². The Kier molecular flexibility index (Phi) is 4.09. The Labute approximate surface area is 109 Å². The van der Waals surface area contributed by atoms with E-state index in [-0.39, 0.29) is 0 Å². The van der Waals surface area contributed by atoms with Gasteiger partial charge in [-0.2, -0.15) is 5.26 Å². The van der Waals surface area contributed by atoms with E-state index in [0.29, 0.717) is 11.6 Å². The monoisotopic (exact) mass is 243 g/mol. The van der Waals surface area contributed by atoms with Crippen molar-refractivity contribution in [2.24, 2.45) is 0 Å². The van der Waals surface area contributed by atoms with Crippen LogP contribution in [-0.2, 0) is 0 Å². The van der Waals surface area contributed by atoms with Crippen LogP contribution in [0.15, 0.2) is 18.2 Å². The van der Waals surface area contributed by atoms with Gasteiger partial charge in [0.15, 0.2) is 0 Å². The molecule has 2 N–H and O–H groups in total. The van der Waals surface area contributed by atoms with Gasteiger partial charge in [0.1, 0.15) is 0 Å². The van der Waals surface area contributed by atoms with Crippen LogP contribution in [0.25, 0.3) is 0 Å². The van der Waals surface area contributed by atoms with Crippen LogP contribution in [0.4, 0.5) is 11.4 Å². The topological polar surface area (TPSA) is 53.0 Å². The molecule has 96 valence electrons. The molecule has 0 aliphatic carbocycles. The molecule has 1 aliphatic rings. The molecule has 1 saturated heterocycles. The molecule has 1 fully saturated rings. The molecule has 0 aromatic heterocycles. The number of piperidine rings is 1. The zero-order chi connectivity index (χ0) is 13.0. The summed E-state index contributed by atoms with van der Waals surface area (Å²) in [5, 5.41) is 8.88. The fourth-order valence-electron chi connectivity index (χ4n) is 2.84. The molecule has 0 bridgehead atoms. The van der Waals surface area contributed by atoms with Gasteiger partial charge < -0.3 is 10.6 Å². The number of hydrogen-bond acceptors (Lipinski definition) is 3. The van der Waals surface area contributed by atoms with Crippen molar-refractivity contribution in [2.45, 2.75) is 45.1 Å². The van der Waals surface area contributed by atoms with Crippen LogP contribution in [0.1, 0.15) is 44.6 Å². The first-order valence-corrected chi connectivity index (χ1v) is 6.82. The van der Waals surface area contributed by atoms with E-state index in [9.17, 15) is 0 Å². The fraction of sp³-hybridized carbons (Fsp3) is 0.533. The second-order valence-electron chi connectivity index (χ2n) is 5.02. The van der Waals surface area contributed by atoms with Crippen LogP contribution in [-0.4, -0.2) is 12.6 Å². The van der Waals surface area contributed by atoms with Gasteiger partial charge in [-0.25, -0.2) is 0 Å². The fourth-order valence-corrected chi connectivity index (χ4v) is 2.84. The molecule has 0 radical (unpaired) electrons. The molecule has 0 saturated carbocycles. The molecular formula is C15H21N3. The Morgan fingerprint density at radius 2 is 2.28 bits per heavy atom. The predicted octanol–water partition coefficient (Wildman–Crippen LogP) is 3.30. The molecule has 2 rings (SSSR count). The second kappa shape index (κ2) is 5.77. The molecule has 18 heavy (non-hydrogen) atoms. The zero-order valence-electron chi connectivity index (χ0n) is 11.0. The van der Waals surface area contributed by atoms with E-state index in [4.69, 9.17) is 11.0 Å². The average Bonchev–Trinajstić information content (AvgIpc) is 2.40. The van der Waals surface area contributed by atoms with Crippen molar-refractivity contribution in [3.05, 3.63) is 23.8 Å². The molecule has 1 atom stereocenters. The van der Waals surface area contributed by atoms with Crippen LogP contribution in [0.3, 0.4) is 0 Å². The molecule has 1 aliphatic heterocycles. The van der Waals surface area contributed by atoms with E-state index in [1.807, 2.05) is 12.1 Å². The standard InChI is InChI=1S/C15H21N3/c1-2-5-13-6-3-4-9-18(13)15-8-7-12(11-16)10-14(15)17/h7-8,10,13H,2-6,9,17H2,1H3. The molecule has 0 amide bonds. The molecular weight excluding hydrogens is 222 g/mol. The van der Waals surface area contributed by atoms with Crippen LogP contribution in [0.5, 0.6) is 0 Å². The highest BCUT2D eigenvalue weighted by Crippen LogP contribution is 2.31. The van der Waals surface area contributed by atoms with Crippen LogP contribution in [0.2, 0.25) is 0 Å². The van der Waals surface area contributed by atoms with Gasteiger partial charge in [0, 0.05) is 12.6 Å². The Balaban J connectivity index is 2.25. The minimum atomic E-state index is 0.610. The molecule has 1 heterocycles. The molecule has 3 heteroatoms. The first-order valence-electron chi connectivity index (χ1n) is 6.82. The molecule has 1 aromatic carbocycles. The van der Waals surface area contributed by atoms with E-state index < -0.39 is 0 Å². The molecule has 1 unspecified atom stereocenters. The van der Waals surface area contributed by atoms with E-state index >= 15 is 0 Å². The van der Waals surface area contributed by atoms with E-state index in [1.54, 1.807) is 6.07 Å². The van der Waals surface area contributed by atoms with Crippen molar-refractivity contribution < 1.29 is 0 Å². The van der Waals surface area contributed by atoms with Gasteiger partial charge in [0.2, 0.25) is 0 Å². The lowest BCUT2D eigenvalue weighted by molar-refractivity contribution is 0.435. The third-order valence-corrected chi connectivity index (χ3v) is 3.72. The summed E-state index contributed by atoms with van der Waals surface area (Å²) in [5.74, 6) is 0. The van der Waals surface area contributed by atoms with Gasteiger partial charge in [-0.05, 0) is 43.9 Å². The highest BCUT2D eigenvalue weighted by atomic mass is 15.2. The van der Waals surface area contributed by atoms with Crippen molar-refractivity contribution in [3.8, 4) is 6.07 Å². The van der Waals surface area contributed by atoms with Crippen molar-refractivity contribution >= 4 is 11.4 Å². The van der Waals surface area contributed by atoms with Crippen LogP contribution in [0, 0.1) is 11.3 Å². The normalized spacial score (nSPS) is 19.6. The minimum Gasteiger partial charge on any atom is -0.397 e. The summed E-state index contributed by atoms with van der Waals surface area (Å²) in [5.41, 5.74) is 8.57. The summed E-state index contributed by atoms with van der Waals surface area (Å²) >= 11 is 0. The number of rotatable bonds is 3. The third-order valence-electron chi connectivity index (χ3n) is 3.72. The Hall–Kier alpha value is -1.69. The maximum atomic E-state index is 8.88. The third kappa shape index (κ3) is 2.59. The first-order chi connectivity index (χ1) is 8.76. The lowest BCUT2D eigenvalue weighted by Gasteiger charge is -2.38. The lowest BCUT2D eigenvalue weighted by Crippen LogP contribution is -2.39. The summed E-state index contributed by atoms with van der Waals surface area (Å²) in [6, 6.07) is 8.40. The second-order valence-corrected chi connectivity index (χ2v) is 5.02. The Morgan fingerprint density at radius 3 is 2.94 bits per heavy atom. The van der Waals surface area contributed by atoms with Crippen molar-refractivity contribution in [1.29, 1.82) is 5.26 Å². The first kappa shape index (κ1) is 12.8. The number of nitrogens with zero attached hydrogens (tertiary/aromatic N) is 2. The predicted molar refractivity (Wildman–Crippen MR) is 75.5 cm³/mol. The summed E-state index contributed by atoms with van der Waals surface area (Å²) in [7, 11) is 0. The number of nitriles is 1. The Bertz CT molecular complexity index is 446. The maximum Gasteiger partial charge on any atom is 0.0992 e. The number of nitrogen functional groups attached to an aromatic ring is 1. The van der Waals surface area contributed by atoms with Crippen LogP contribution < -0.4 is 10.6 Å². The number of nitrogens with two attached hydrogens (primary N) is 1. The summed E-state index contributed by atoms with van der Waals surface area (Å²) < 4.78 is 0. The quantitative estimate of drug-likeness (QED) is 0.829. The molecule has 3 nitrogen and oxygen atoms in total. The number of benzene rings is 1. The van der Waals surface area contributed by atoms with Gasteiger partial charge in [-0.3, -0.25) is 0 Å². The minimum absolute atomic E-state index is 0.610. The average molecular weight is 243 g/mol. The Morgan fingerprint density at radius 1 is 1.44 bits per heavy atom. The van der Waals surface area contributed by atoms with Gasteiger partial charge in [-0.15, -0.1) is 0 Å². The summed E-state index contributed by atoms with van der Waals surface area (Å²) in [6.07, 6.45) is 6.24. The van der Waals surface area contributed by atoms with Gasteiger partial charge in [-0.1, -0.05) is 13.3 Å². The van der Waals surface area contributed by atoms with Crippen molar-refractivity contribution in [3.63, 3.8) is 0 Å². The van der Waals surface area contributed by atoms with Gasteiger partial charge in [0.25, 0.3) is 0 Å². The number of anilines is 2. The largest absolute Gasteiger partial charge is 0.397 e. The molecule has 0 spiro atoms. The van der Waals surface area contributed by atoms with Crippen molar-refractivity contribution in [1.82, 2.24) is 0 Å². The van der Waals surface area contributed by atoms with Gasteiger partial charge >= 0.3 is 0 Å². The SMILES string of the molecule is CCCC1CCCCN1c1ccc(C#N)cc1N. The van der Waals surface area contributed by atoms with Crippen molar-refractivity contribution in [2.75, 3.05) is 17.2 Å². The van der Waals surface area contributed by atoms with E-state index in [0.717, 1.165) is 17.9 Å². The molecule has 1 aromatic rings. The highest BCUT2D eigenvalue weighted by Gasteiger charge is 2.23. The maximum absolute atomic E-state index is 8.88. The van der Waals surface area contributed by atoms with E-state index in [1.165, 1.54) is 32.1 Å². The lowest BCUT2D eigenvalue weighted by atomic mass is 9.97. The summed E-state index contributed by atoms with van der Waals surface area (Å²) in [6.45, 7) is 3.32. The smallest absolute Gasteiger partial charge is 0.0992 e. The zero-order valence-corrected chi connectivity index (χ0v) is 11.0. The number of hydrogen-bond donors (Lipinski definition) is 1. The van der Waals surface area contributed by atoms with E-state index in [2.05, 4.69) is 17.9 Å². The summed E-state index contributed by atoms with van der Waals surface area (Å²) in [4.78, 5) is 2.43.